The van der Waals surface area contributed by atoms with Crippen molar-refractivity contribution in [2.75, 3.05) is 38.4 Å². The van der Waals surface area contributed by atoms with Gasteiger partial charge in [0.15, 0.2) is 0 Å². The zero-order valence-electron chi connectivity index (χ0n) is 24.3. The average Bonchev–Trinajstić information content (AvgIpc) is 3.80. The van der Waals surface area contributed by atoms with E-state index in [-0.39, 0.29) is 17.6 Å². The number of nitrogen functional groups attached to an aromatic ring is 1. The van der Waals surface area contributed by atoms with Crippen molar-refractivity contribution in [2.45, 2.75) is 32.2 Å². The fourth-order valence-electron chi connectivity index (χ4n) is 5.18. The highest BCUT2D eigenvalue weighted by atomic mass is 16.5. The van der Waals surface area contributed by atoms with E-state index in [0.29, 0.717) is 34.6 Å². The van der Waals surface area contributed by atoms with Crippen LogP contribution in [-0.4, -0.2) is 43.1 Å². The summed E-state index contributed by atoms with van der Waals surface area (Å²) in [6, 6.07) is 17.9. The molecule has 10 nitrogen and oxygen atoms in total. The fraction of sp³-hybridized carbons (Fsp3) is 0.312. The molecule has 1 amide bonds. The van der Waals surface area contributed by atoms with Crippen molar-refractivity contribution in [1.82, 2.24) is 15.2 Å². The van der Waals surface area contributed by atoms with Crippen molar-refractivity contribution in [3.05, 3.63) is 89.1 Å². The van der Waals surface area contributed by atoms with Crippen LogP contribution in [0.2, 0.25) is 0 Å². The topological polar surface area (TPSA) is 154 Å². The number of hydrogen-bond acceptors (Lipinski definition) is 9. The van der Waals surface area contributed by atoms with Gasteiger partial charge in [0.1, 0.15) is 23.1 Å². The second-order valence-electron chi connectivity index (χ2n) is 10.9. The average molecular weight is 570 g/mol. The zero-order chi connectivity index (χ0) is 29.8. The third-order valence-corrected chi connectivity index (χ3v) is 7.58. The molecule has 2 aliphatic rings. The van der Waals surface area contributed by atoms with Crippen LogP contribution < -0.4 is 37.3 Å². The van der Waals surface area contributed by atoms with Crippen molar-refractivity contribution in [2.24, 2.45) is 17.4 Å². The van der Waals surface area contributed by atoms with E-state index in [1.807, 2.05) is 30.3 Å². The lowest BCUT2D eigenvalue weighted by molar-refractivity contribution is -0.121. The number of allylic oxidation sites excluding steroid dienone is 2. The third kappa shape index (κ3) is 6.60. The Kier molecular flexibility index (Phi) is 8.53. The van der Waals surface area contributed by atoms with Crippen LogP contribution in [0.15, 0.2) is 77.9 Å². The number of pyridine rings is 1. The number of nitrogens with zero attached hydrogens (tertiary/aromatic N) is 2. The number of methoxy groups -OCH3 is 2. The summed E-state index contributed by atoms with van der Waals surface area (Å²) < 4.78 is 11.7. The van der Waals surface area contributed by atoms with E-state index < -0.39 is 0 Å². The predicted molar refractivity (Wildman–Crippen MR) is 165 cm³/mol. The standard InChI is InChI=1S/C32H39N7O3/c1-19(33)27(15-30(35)38-32(40)20-10-11-20)37-26-8-5-7-25(31(26)42-3)21-12-13-24(28(14-21)41-2)22-16-39(17-22)18-23-6-4-9-29(34)36-23/h4-9,12-15,20,22,37H,10-11,16-18,33,35H2,1-3H3,(H2,34,36)(H,38,40)/b27-19+,30-15+. The van der Waals surface area contributed by atoms with Gasteiger partial charge in [0.25, 0.3) is 0 Å². The number of carbonyl (C=O) groups is 1. The SMILES string of the molecule is COc1cc(-c2cccc(NC(/C=C(\N)NC(=O)C3CC3)=C(\C)N)c2OC)ccc1C1CN(Cc2cccc(N)n2)C1. The molecule has 8 N–H and O–H groups in total. The Labute approximate surface area is 246 Å². The summed E-state index contributed by atoms with van der Waals surface area (Å²) in [5, 5.41) is 6.08. The van der Waals surface area contributed by atoms with E-state index in [2.05, 4.69) is 38.7 Å². The first-order valence-electron chi connectivity index (χ1n) is 14.1. The molecule has 2 heterocycles. The molecule has 0 unspecified atom stereocenters. The van der Waals surface area contributed by atoms with Crippen molar-refractivity contribution in [1.29, 1.82) is 0 Å². The van der Waals surface area contributed by atoms with Gasteiger partial charge in [0, 0.05) is 48.8 Å². The highest BCUT2D eigenvalue weighted by molar-refractivity contribution is 5.83. The lowest BCUT2D eigenvalue weighted by Gasteiger charge is -2.40. The number of nitrogens with one attached hydrogen (secondary N) is 2. The molecule has 42 heavy (non-hydrogen) atoms. The molecular weight excluding hydrogens is 530 g/mol. The number of anilines is 2. The molecule has 1 saturated heterocycles. The summed E-state index contributed by atoms with van der Waals surface area (Å²) in [5.74, 6) is 2.59. The van der Waals surface area contributed by atoms with Gasteiger partial charge in [-0.3, -0.25) is 9.69 Å². The molecule has 220 valence electrons. The van der Waals surface area contributed by atoms with E-state index >= 15 is 0 Å². The molecule has 2 fully saturated rings. The number of ether oxygens (including phenoxy) is 2. The molecule has 3 aromatic rings. The number of para-hydroxylation sites is 1. The maximum Gasteiger partial charge on any atom is 0.228 e. The molecule has 0 bridgehead atoms. The Morgan fingerprint density at radius 3 is 2.50 bits per heavy atom. The number of nitrogens with two attached hydrogens (primary N) is 3. The minimum absolute atomic E-state index is 0.0474. The van der Waals surface area contributed by atoms with Crippen LogP contribution in [0.3, 0.4) is 0 Å². The zero-order valence-corrected chi connectivity index (χ0v) is 24.3. The van der Waals surface area contributed by atoms with Gasteiger partial charge in [-0.15, -0.1) is 0 Å². The van der Waals surface area contributed by atoms with Gasteiger partial charge in [0.05, 0.1) is 31.3 Å². The van der Waals surface area contributed by atoms with Crippen LogP contribution in [0.1, 0.15) is 36.9 Å². The molecule has 1 aromatic heterocycles. The number of likely N-dealkylation sites (tertiary alicyclic amines) is 1. The van der Waals surface area contributed by atoms with Gasteiger partial charge < -0.3 is 37.3 Å². The highest BCUT2D eigenvalue weighted by Gasteiger charge is 2.31. The van der Waals surface area contributed by atoms with Crippen molar-refractivity contribution in [3.8, 4) is 22.6 Å². The monoisotopic (exact) mass is 569 g/mol. The summed E-state index contributed by atoms with van der Waals surface area (Å²) in [6.07, 6.45) is 3.42. The van der Waals surface area contributed by atoms with Crippen molar-refractivity contribution < 1.29 is 14.3 Å². The van der Waals surface area contributed by atoms with Gasteiger partial charge >= 0.3 is 0 Å². The molecular formula is C32H39N7O3. The maximum atomic E-state index is 12.1. The smallest absolute Gasteiger partial charge is 0.228 e. The lowest BCUT2D eigenvalue weighted by atomic mass is 9.89. The summed E-state index contributed by atoms with van der Waals surface area (Å²) in [4.78, 5) is 18.9. The lowest BCUT2D eigenvalue weighted by Crippen LogP contribution is -2.44. The molecule has 10 heteroatoms. The van der Waals surface area contributed by atoms with Crippen LogP contribution in [0.4, 0.5) is 11.5 Å². The number of rotatable bonds is 11. The van der Waals surface area contributed by atoms with Gasteiger partial charge in [-0.2, -0.15) is 0 Å². The van der Waals surface area contributed by atoms with Crippen LogP contribution in [-0.2, 0) is 11.3 Å². The van der Waals surface area contributed by atoms with Gasteiger partial charge in [-0.05, 0) is 55.2 Å². The Balaban J connectivity index is 1.33. The number of amides is 1. The Morgan fingerprint density at radius 1 is 1.07 bits per heavy atom. The summed E-state index contributed by atoms with van der Waals surface area (Å²) in [7, 11) is 3.33. The van der Waals surface area contributed by atoms with Crippen LogP contribution in [0, 0.1) is 5.92 Å². The first-order valence-corrected chi connectivity index (χ1v) is 14.1. The van der Waals surface area contributed by atoms with Crippen LogP contribution >= 0.6 is 0 Å². The molecule has 1 aliphatic carbocycles. The Hall–Kier alpha value is -4.70. The molecule has 5 rings (SSSR count). The number of aromatic nitrogens is 1. The second-order valence-corrected chi connectivity index (χ2v) is 10.9. The van der Waals surface area contributed by atoms with E-state index in [9.17, 15) is 4.79 Å². The van der Waals surface area contributed by atoms with E-state index in [1.165, 1.54) is 5.56 Å². The summed E-state index contributed by atoms with van der Waals surface area (Å²) in [5.41, 5.74) is 23.9. The van der Waals surface area contributed by atoms with Gasteiger partial charge in [-0.25, -0.2) is 4.98 Å². The quantitative estimate of drug-likeness (QED) is 0.217. The minimum Gasteiger partial charge on any atom is -0.496 e. The van der Waals surface area contributed by atoms with Crippen molar-refractivity contribution >= 4 is 17.4 Å². The maximum absolute atomic E-state index is 12.1. The van der Waals surface area contributed by atoms with E-state index in [4.69, 9.17) is 26.7 Å². The van der Waals surface area contributed by atoms with Crippen LogP contribution in [0.25, 0.3) is 11.1 Å². The number of carbonyl (C=O) groups excluding carboxylic acids is 1. The van der Waals surface area contributed by atoms with Gasteiger partial charge in [0.2, 0.25) is 5.91 Å². The molecule has 0 radical (unpaired) electrons. The van der Waals surface area contributed by atoms with Crippen molar-refractivity contribution in [3.63, 3.8) is 0 Å². The van der Waals surface area contributed by atoms with Crippen LogP contribution in [0.5, 0.6) is 11.5 Å². The number of benzene rings is 2. The first kappa shape index (κ1) is 28.8. The first-order chi connectivity index (χ1) is 20.2. The predicted octanol–water partition coefficient (Wildman–Crippen LogP) is 3.88. The Morgan fingerprint density at radius 2 is 1.83 bits per heavy atom. The van der Waals surface area contributed by atoms with E-state index in [1.54, 1.807) is 33.3 Å². The molecule has 1 saturated carbocycles. The largest absolute Gasteiger partial charge is 0.496 e. The number of hydrogen-bond donors (Lipinski definition) is 5. The van der Waals surface area contributed by atoms with E-state index in [0.717, 1.165) is 55.0 Å². The molecule has 1 aliphatic heterocycles. The third-order valence-electron chi connectivity index (χ3n) is 7.58. The summed E-state index contributed by atoms with van der Waals surface area (Å²) in [6.45, 7) is 4.37. The normalized spacial score (nSPS) is 16.3. The second kappa shape index (κ2) is 12.4. The highest BCUT2D eigenvalue weighted by Crippen LogP contribution is 2.41. The molecule has 0 atom stereocenters. The summed E-state index contributed by atoms with van der Waals surface area (Å²) >= 11 is 0. The van der Waals surface area contributed by atoms with Gasteiger partial charge in [-0.1, -0.05) is 30.3 Å². The fourth-order valence-corrected chi connectivity index (χ4v) is 5.18. The molecule has 0 spiro atoms. The Bertz CT molecular complexity index is 1520. The molecule has 2 aromatic carbocycles. The minimum atomic E-state index is -0.0669.